The van der Waals surface area contributed by atoms with Gasteiger partial charge in [-0.15, -0.1) is 0 Å². The molecule has 0 saturated carbocycles. The average molecular weight is 452 g/mol. The van der Waals surface area contributed by atoms with Crippen LogP contribution in [0, 0.1) is 17.1 Å². The number of benzene rings is 3. The first kappa shape index (κ1) is 23.6. The van der Waals surface area contributed by atoms with Gasteiger partial charge in [-0.1, -0.05) is 62.2 Å². The Labute approximate surface area is 201 Å². The van der Waals surface area contributed by atoms with Crippen molar-refractivity contribution < 1.29 is 4.39 Å². The van der Waals surface area contributed by atoms with Crippen molar-refractivity contribution in [2.75, 3.05) is 0 Å². The molecule has 0 radical (unpaired) electrons. The number of aryl methyl sites for hydroxylation is 5. The number of hydrogen-bond donors (Lipinski definition) is 0. The Bertz CT molecular complexity index is 1270. The first-order valence-electron chi connectivity index (χ1n) is 12.1. The molecule has 0 saturated heterocycles. The fourth-order valence-electron chi connectivity index (χ4n) is 4.23. The lowest BCUT2D eigenvalue weighted by Gasteiger charge is -2.09. The summed E-state index contributed by atoms with van der Waals surface area (Å²) in [6, 6.07) is 19.5. The van der Waals surface area contributed by atoms with Gasteiger partial charge in [0.2, 0.25) is 0 Å². The van der Waals surface area contributed by atoms with Crippen LogP contribution in [-0.2, 0) is 32.1 Å². The van der Waals surface area contributed by atoms with Crippen molar-refractivity contribution in [3.05, 3.63) is 106 Å². The maximum Gasteiger partial charge on any atom is 0.134 e. The van der Waals surface area contributed by atoms with Gasteiger partial charge in [0.1, 0.15) is 11.6 Å². The number of hydrogen-bond acceptors (Lipinski definition) is 3. The molecule has 0 aliphatic carbocycles. The number of nitrogens with zero attached hydrogens (tertiary/aromatic N) is 3. The maximum absolute atomic E-state index is 15.2. The summed E-state index contributed by atoms with van der Waals surface area (Å²) in [5.41, 5.74) is 4.82. The van der Waals surface area contributed by atoms with E-state index >= 15 is 4.39 Å². The van der Waals surface area contributed by atoms with Crippen molar-refractivity contribution in [3.63, 3.8) is 0 Å². The molecule has 0 amide bonds. The topological polar surface area (TPSA) is 49.6 Å². The van der Waals surface area contributed by atoms with E-state index in [1.165, 1.54) is 24.8 Å². The molecule has 3 nitrogen and oxygen atoms in total. The van der Waals surface area contributed by atoms with Crippen molar-refractivity contribution in [1.29, 1.82) is 5.26 Å². The number of unbranched alkanes of at least 4 members (excludes halogenated alkanes) is 2. The van der Waals surface area contributed by atoms with Gasteiger partial charge in [-0.25, -0.2) is 14.4 Å². The van der Waals surface area contributed by atoms with E-state index in [2.05, 4.69) is 29.0 Å². The fourth-order valence-corrected chi connectivity index (χ4v) is 4.23. The predicted octanol–water partition coefficient (Wildman–Crippen LogP) is 6.94. The second kappa shape index (κ2) is 11.5. The first-order chi connectivity index (χ1) is 16.7. The highest BCUT2D eigenvalue weighted by atomic mass is 19.1. The van der Waals surface area contributed by atoms with Crippen LogP contribution < -0.4 is 0 Å². The lowest BCUT2D eigenvalue weighted by atomic mass is 9.98. The second-order valence-corrected chi connectivity index (χ2v) is 8.87. The molecule has 1 heterocycles. The standard InChI is InChI=1S/C30H30FN3/c1-2-3-4-5-25-20-33-29(34-21-25)17-12-23-11-16-28-27(18-23)15-14-26(30(28)31)13-10-22-6-8-24(19-32)9-7-22/h6-9,11,14-16,18,20-21H,2-5,10,12-13,17H2,1H3. The monoisotopic (exact) mass is 451 g/mol. The molecule has 0 aliphatic heterocycles. The summed E-state index contributed by atoms with van der Waals surface area (Å²) in [4.78, 5) is 9.06. The molecule has 3 aromatic carbocycles. The largest absolute Gasteiger partial charge is 0.241 e. The molecule has 4 rings (SSSR count). The van der Waals surface area contributed by atoms with Gasteiger partial charge in [-0.3, -0.25) is 0 Å². The van der Waals surface area contributed by atoms with Crippen LogP contribution in [0.5, 0.6) is 0 Å². The van der Waals surface area contributed by atoms with Crippen molar-refractivity contribution in [2.24, 2.45) is 0 Å². The minimum Gasteiger partial charge on any atom is -0.241 e. The number of halogens is 1. The molecule has 0 spiro atoms. The zero-order valence-corrected chi connectivity index (χ0v) is 19.7. The van der Waals surface area contributed by atoms with Crippen molar-refractivity contribution >= 4 is 10.8 Å². The molecule has 1 aromatic heterocycles. The minimum absolute atomic E-state index is 0.139. The van der Waals surface area contributed by atoms with Crippen molar-refractivity contribution in [2.45, 2.75) is 58.3 Å². The highest BCUT2D eigenvalue weighted by Gasteiger charge is 2.09. The lowest BCUT2D eigenvalue weighted by molar-refractivity contribution is 0.620. The van der Waals surface area contributed by atoms with Crippen LogP contribution >= 0.6 is 0 Å². The smallest absolute Gasteiger partial charge is 0.134 e. The summed E-state index contributed by atoms with van der Waals surface area (Å²) < 4.78 is 15.2. The molecule has 4 aromatic rings. The van der Waals surface area contributed by atoms with Gasteiger partial charge in [-0.2, -0.15) is 5.26 Å². The van der Waals surface area contributed by atoms with Crippen molar-refractivity contribution in [3.8, 4) is 6.07 Å². The average Bonchev–Trinajstić information content (AvgIpc) is 2.88. The Kier molecular flexibility index (Phi) is 7.99. The van der Waals surface area contributed by atoms with E-state index in [9.17, 15) is 0 Å². The van der Waals surface area contributed by atoms with Gasteiger partial charge in [-0.05, 0) is 71.9 Å². The van der Waals surface area contributed by atoms with E-state index in [0.717, 1.165) is 53.6 Å². The van der Waals surface area contributed by atoms with Crippen LogP contribution in [0.2, 0.25) is 0 Å². The Morgan fingerprint density at radius 1 is 0.765 bits per heavy atom. The van der Waals surface area contributed by atoms with Gasteiger partial charge < -0.3 is 0 Å². The second-order valence-electron chi connectivity index (χ2n) is 8.87. The normalized spacial score (nSPS) is 11.0. The molecular weight excluding hydrogens is 421 g/mol. The molecule has 34 heavy (non-hydrogen) atoms. The van der Waals surface area contributed by atoms with Gasteiger partial charge in [0.05, 0.1) is 11.6 Å². The third kappa shape index (κ3) is 6.05. The van der Waals surface area contributed by atoms with Crippen molar-refractivity contribution in [1.82, 2.24) is 9.97 Å². The fraction of sp³-hybridized carbons (Fsp3) is 0.300. The van der Waals surface area contributed by atoms with Crippen LogP contribution in [0.3, 0.4) is 0 Å². The van der Waals surface area contributed by atoms with Crippen LogP contribution in [0.15, 0.2) is 67.0 Å². The molecule has 172 valence electrons. The van der Waals surface area contributed by atoms with Crippen LogP contribution in [0.1, 0.15) is 59.8 Å². The summed E-state index contributed by atoms with van der Waals surface area (Å²) in [6.07, 6.45) is 11.5. The van der Waals surface area contributed by atoms with Crippen LogP contribution in [-0.4, -0.2) is 9.97 Å². The SMILES string of the molecule is CCCCCc1cnc(CCc2ccc3c(F)c(CCc4ccc(C#N)cc4)ccc3c2)nc1. The Hall–Kier alpha value is -3.58. The molecule has 0 N–H and O–H groups in total. The van der Waals surface area contributed by atoms with Gasteiger partial charge in [0.25, 0.3) is 0 Å². The van der Waals surface area contributed by atoms with E-state index < -0.39 is 0 Å². The Morgan fingerprint density at radius 2 is 1.50 bits per heavy atom. The third-order valence-corrected chi connectivity index (χ3v) is 6.33. The first-order valence-corrected chi connectivity index (χ1v) is 12.1. The zero-order valence-electron chi connectivity index (χ0n) is 19.7. The van der Waals surface area contributed by atoms with E-state index in [-0.39, 0.29) is 5.82 Å². The minimum atomic E-state index is -0.139. The Balaban J connectivity index is 1.37. The zero-order chi connectivity index (χ0) is 23.8. The van der Waals surface area contributed by atoms with Gasteiger partial charge >= 0.3 is 0 Å². The van der Waals surface area contributed by atoms with Gasteiger partial charge in [0, 0.05) is 24.2 Å². The summed E-state index contributed by atoms with van der Waals surface area (Å²) >= 11 is 0. The van der Waals surface area contributed by atoms with Crippen LogP contribution in [0.25, 0.3) is 10.8 Å². The Morgan fingerprint density at radius 3 is 2.24 bits per heavy atom. The molecule has 0 atom stereocenters. The molecule has 0 unspecified atom stereocenters. The quantitative estimate of drug-likeness (QED) is 0.245. The predicted molar refractivity (Wildman–Crippen MR) is 135 cm³/mol. The number of aromatic nitrogens is 2. The van der Waals surface area contributed by atoms with E-state index in [1.54, 1.807) is 12.1 Å². The lowest BCUT2D eigenvalue weighted by Crippen LogP contribution is -2.00. The number of fused-ring (bicyclic) bond motifs is 1. The van der Waals surface area contributed by atoms with E-state index in [1.807, 2.05) is 48.8 Å². The molecule has 0 fully saturated rings. The van der Waals surface area contributed by atoms with E-state index in [0.29, 0.717) is 17.4 Å². The third-order valence-electron chi connectivity index (χ3n) is 6.33. The highest BCUT2D eigenvalue weighted by molar-refractivity contribution is 5.84. The highest BCUT2D eigenvalue weighted by Crippen LogP contribution is 2.24. The van der Waals surface area contributed by atoms with E-state index in [4.69, 9.17) is 5.26 Å². The molecular formula is C30H30FN3. The molecule has 0 bridgehead atoms. The molecule has 4 heteroatoms. The number of rotatable bonds is 10. The summed E-state index contributed by atoms with van der Waals surface area (Å²) in [5, 5.41) is 10.5. The molecule has 0 aliphatic rings. The van der Waals surface area contributed by atoms with Crippen LogP contribution in [0.4, 0.5) is 4.39 Å². The summed E-state index contributed by atoms with van der Waals surface area (Å²) in [5.74, 6) is 0.711. The van der Waals surface area contributed by atoms with Gasteiger partial charge in [0.15, 0.2) is 0 Å². The number of nitriles is 1. The summed E-state index contributed by atoms with van der Waals surface area (Å²) in [6.45, 7) is 2.21. The maximum atomic E-state index is 15.2. The summed E-state index contributed by atoms with van der Waals surface area (Å²) in [7, 11) is 0.